The van der Waals surface area contributed by atoms with E-state index in [0.29, 0.717) is 46.8 Å². The van der Waals surface area contributed by atoms with Crippen LogP contribution in [0.25, 0.3) is 10.2 Å². The Hall–Kier alpha value is -3.62. The summed E-state index contributed by atoms with van der Waals surface area (Å²) >= 11 is 1.43. The molecule has 6 rings (SSSR count). The molecule has 4 aromatic rings. The molecule has 1 unspecified atom stereocenters. The fraction of sp³-hybridized carbons (Fsp3) is 0.286. The van der Waals surface area contributed by atoms with Gasteiger partial charge in [-0.05, 0) is 37.1 Å². The predicted octanol–water partition coefficient (Wildman–Crippen LogP) is 5.76. The molecule has 2 aliphatic rings. The molecule has 1 fully saturated rings. The monoisotopic (exact) mass is 502 g/mol. The molecule has 1 saturated heterocycles. The summed E-state index contributed by atoms with van der Waals surface area (Å²) in [6.45, 7) is 1.13. The molecule has 36 heavy (non-hydrogen) atoms. The Morgan fingerprint density at radius 1 is 1.00 bits per heavy atom. The number of fused-ring (bicyclic) bond motifs is 3. The molecule has 0 spiro atoms. The summed E-state index contributed by atoms with van der Waals surface area (Å²) in [4.78, 5) is 21.2. The summed E-state index contributed by atoms with van der Waals surface area (Å²) < 4.78 is 24.1. The number of hydrogen-bond acceptors (Lipinski definition) is 7. The second-order valence-corrected chi connectivity index (χ2v) is 9.82. The molecule has 8 heteroatoms. The number of nitrogens with zero attached hydrogens (tertiary/aromatic N) is 2. The zero-order valence-corrected chi connectivity index (χ0v) is 20.9. The fourth-order valence-corrected chi connectivity index (χ4v) is 6.06. The average Bonchev–Trinajstić information content (AvgIpc) is 3.59. The van der Waals surface area contributed by atoms with E-state index in [1.807, 2.05) is 60.7 Å². The Kier molecular flexibility index (Phi) is 5.99. The van der Waals surface area contributed by atoms with Crippen LogP contribution in [0.3, 0.4) is 0 Å². The number of methoxy groups -OCH3 is 2. The zero-order valence-electron chi connectivity index (χ0n) is 20.1. The van der Waals surface area contributed by atoms with E-state index in [1.54, 1.807) is 19.1 Å². The first-order chi connectivity index (χ1) is 17.7. The second kappa shape index (κ2) is 9.44. The predicted molar refractivity (Wildman–Crippen MR) is 139 cm³/mol. The van der Waals surface area contributed by atoms with Crippen LogP contribution in [0.15, 0.2) is 60.7 Å². The molecule has 1 atom stereocenters. The smallest absolute Gasteiger partial charge is 0.241 e. The Morgan fingerprint density at radius 3 is 2.31 bits per heavy atom. The average molecular weight is 503 g/mol. The highest BCUT2D eigenvalue weighted by Crippen LogP contribution is 2.46. The van der Waals surface area contributed by atoms with Crippen molar-refractivity contribution in [2.75, 3.05) is 32.3 Å². The second-order valence-electron chi connectivity index (χ2n) is 8.84. The van der Waals surface area contributed by atoms with Crippen molar-refractivity contribution in [2.45, 2.75) is 24.9 Å². The molecule has 0 N–H and O–H groups in total. The van der Waals surface area contributed by atoms with E-state index < -0.39 is 5.92 Å². The minimum absolute atomic E-state index is 0.0462. The van der Waals surface area contributed by atoms with Gasteiger partial charge in [-0.15, -0.1) is 0 Å². The van der Waals surface area contributed by atoms with Crippen molar-refractivity contribution in [3.63, 3.8) is 0 Å². The lowest BCUT2D eigenvalue weighted by Crippen LogP contribution is -2.41. The van der Waals surface area contributed by atoms with Crippen molar-refractivity contribution in [1.82, 2.24) is 4.98 Å². The molecular formula is C28H26N2O5S. The highest BCUT2D eigenvalue weighted by molar-refractivity contribution is 7.22. The first-order valence-electron chi connectivity index (χ1n) is 12.0. The van der Waals surface area contributed by atoms with Gasteiger partial charge in [0.25, 0.3) is 0 Å². The van der Waals surface area contributed by atoms with Gasteiger partial charge in [0.05, 0.1) is 32.8 Å². The summed E-state index contributed by atoms with van der Waals surface area (Å²) in [7, 11) is 3.25. The molecule has 0 bridgehead atoms. The van der Waals surface area contributed by atoms with Crippen molar-refractivity contribution in [2.24, 2.45) is 0 Å². The molecule has 0 saturated carbocycles. The molecule has 1 amide bonds. The van der Waals surface area contributed by atoms with Crippen molar-refractivity contribution in [1.29, 1.82) is 0 Å². The lowest BCUT2D eigenvalue weighted by Gasteiger charge is -2.32. The number of benzene rings is 3. The molecular weight excluding hydrogens is 476 g/mol. The van der Waals surface area contributed by atoms with E-state index >= 15 is 0 Å². The molecule has 2 aliphatic heterocycles. The van der Waals surface area contributed by atoms with E-state index in [0.717, 1.165) is 28.7 Å². The SMILES string of the molecule is COc1ccc(OC)c2sc(N(CC3CCCO3)C(=O)C3c4ccccc4Oc4ccccc43)nc12. The van der Waals surface area contributed by atoms with Crippen LogP contribution in [0.4, 0.5) is 5.13 Å². The van der Waals surface area contributed by atoms with Crippen LogP contribution in [0.5, 0.6) is 23.0 Å². The molecule has 3 heterocycles. The van der Waals surface area contributed by atoms with E-state index in [4.69, 9.17) is 23.9 Å². The number of rotatable bonds is 6. The quantitative estimate of drug-likeness (QED) is 0.334. The van der Waals surface area contributed by atoms with Crippen molar-refractivity contribution >= 4 is 32.6 Å². The van der Waals surface area contributed by atoms with Gasteiger partial charge in [0.15, 0.2) is 5.13 Å². The third kappa shape index (κ3) is 3.86. The summed E-state index contributed by atoms with van der Waals surface area (Å²) in [6, 6.07) is 19.2. The number of amides is 1. The molecule has 7 nitrogen and oxygen atoms in total. The minimum atomic E-state index is -0.525. The highest BCUT2D eigenvalue weighted by atomic mass is 32.1. The van der Waals surface area contributed by atoms with Gasteiger partial charge in [-0.2, -0.15) is 0 Å². The topological polar surface area (TPSA) is 70.1 Å². The Balaban J connectivity index is 1.49. The van der Waals surface area contributed by atoms with E-state index in [-0.39, 0.29) is 12.0 Å². The van der Waals surface area contributed by atoms with Crippen LogP contribution in [0.2, 0.25) is 0 Å². The standard InChI is InChI=1S/C28H26N2O5S/c1-32-22-13-14-23(33-2)26-25(22)29-28(36-26)30(16-17-8-7-15-34-17)27(31)24-18-9-3-5-11-20(18)35-21-12-6-4-10-19(21)24/h3-6,9-14,17,24H,7-8,15-16H2,1-2H3. The number of carbonyl (C=O) groups is 1. The summed E-state index contributed by atoms with van der Waals surface area (Å²) in [5.41, 5.74) is 2.36. The number of carbonyl (C=O) groups excluding carboxylic acids is 1. The largest absolute Gasteiger partial charge is 0.495 e. The number of hydrogen-bond donors (Lipinski definition) is 0. The van der Waals surface area contributed by atoms with Gasteiger partial charge in [-0.25, -0.2) is 4.98 Å². The third-order valence-corrected chi connectivity index (χ3v) is 7.83. The molecule has 184 valence electrons. The number of ether oxygens (including phenoxy) is 4. The maximum atomic E-state index is 14.5. The molecule has 3 aromatic carbocycles. The third-order valence-electron chi connectivity index (χ3n) is 6.73. The van der Waals surface area contributed by atoms with Gasteiger partial charge in [0.2, 0.25) is 5.91 Å². The number of aromatic nitrogens is 1. The van der Waals surface area contributed by atoms with Gasteiger partial charge < -0.3 is 18.9 Å². The van der Waals surface area contributed by atoms with E-state index in [2.05, 4.69) is 0 Å². The van der Waals surface area contributed by atoms with Crippen molar-refractivity contribution in [3.8, 4) is 23.0 Å². The van der Waals surface area contributed by atoms with Gasteiger partial charge >= 0.3 is 0 Å². The maximum Gasteiger partial charge on any atom is 0.241 e. The number of para-hydroxylation sites is 2. The van der Waals surface area contributed by atoms with Crippen LogP contribution in [0, 0.1) is 0 Å². The lowest BCUT2D eigenvalue weighted by atomic mass is 9.87. The fourth-order valence-electron chi connectivity index (χ4n) is 4.98. The Bertz CT molecular complexity index is 1340. The van der Waals surface area contributed by atoms with Gasteiger partial charge in [-0.1, -0.05) is 47.7 Å². The van der Waals surface area contributed by atoms with Crippen LogP contribution in [-0.2, 0) is 9.53 Å². The van der Waals surface area contributed by atoms with Crippen LogP contribution < -0.4 is 19.1 Å². The van der Waals surface area contributed by atoms with Crippen molar-refractivity contribution < 1.29 is 23.7 Å². The van der Waals surface area contributed by atoms with E-state index in [9.17, 15) is 4.79 Å². The first kappa shape index (κ1) is 22.8. The van der Waals surface area contributed by atoms with Gasteiger partial charge in [0, 0.05) is 17.7 Å². The Morgan fingerprint density at radius 2 is 1.67 bits per heavy atom. The summed E-state index contributed by atoms with van der Waals surface area (Å²) in [6.07, 6.45) is 1.84. The Labute approximate surface area is 213 Å². The van der Waals surface area contributed by atoms with Crippen LogP contribution >= 0.6 is 11.3 Å². The number of anilines is 1. The van der Waals surface area contributed by atoms with Crippen molar-refractivity contribution in [3.05, 3.63) is 71.8 Å². The lowest BCUT2D eigenvalue weighted by molar-refractivity contribution is -0.119. The van der Waals surface area contributed by atoms with Gasteiger partial charge in [0.1, 0.15) is 33.2 Å². The molecule has 0 aliphatic carbocycles. The van der Waals surface area contributed by atoms with E-state index in [1.165, 1.54) is 11.3 Å². The normalized spacial score (nSPS) is 16.8. The first-order valence-corrected chi connectivity index (χ1v) is 12.8. The van der Waals surface area contributed by atoms with Crippen LogP contribution in [-0.4, -0.2) is 44.4 Å². The summed E-state index contributed by atoms with van der Waals surface area (Å²) in [5.74, 6) is 2.13. The summed E-state index contributed by atoms with van der Waals surface area (Å²) in [5, 5.41) is 0.592. The van der Waals surface area contributed by atoms with Crippen LogP contribution in [0.1, 0.15) is 29.9 Å². The minimum Gasteiger partial charge on any atom is -0.495 e. The highest BCUT2D eigenvalue weighted by Gasteiger charge is 2.38. The van der Waals surface area contributed by atoms with Gasteiger partial charge in [-0.3, -0.25) is 9.69 Å². The zero-order chi connectivity index (χ0) is 24.6. The number of thiazole rings is 1. The molecule has 0 radical (unpaired) electrons. The maximum absolute atomic E-state index is 14.5. The molecule has 1 aromatic heterocycles.